The van der Waals surface area contributed by atoms with Crippen molar-refractivity contribution in [1.82, 2.24) is 14.8 Å². The van der Waals surface area contributed by atoms with E-state index in [1.807, 2.05) is 60.9 Å². The van der Waals surface area contributed by atoms with Gasteiger partial charge in [-0.1, -0.05) is 35.5 Å². The summed E-state index contributed by atoms with van der Waals surface area (Å²) in [5.41, 5.74) is 3.95. The highest BCUT2D eigenvalue weighted by molar-refractivity contribution is 7.99. The Balaban J connectivity index is 1.73. The lowest BCUT2D eigenvalue weighted by atomic mass is 10.1. The number of halogens is 1. The van der Waals surface area contributed by atoms with Crippen molar-refractivity contribution in [2.45, 2.75) is 25.5 Å². The molecule has 0 aliphatic heterocycles. The number of benzene rings is 2. The minimum absolute atomic E-state index is 0.0852. The average Bonchev–Trinajstić information content (AvgIpc) is 3.11. The number of anilines is 1. The number of rotatable bonds is 8. The number of carbonyl (C=O) groups is 1. The van der Waals surface area contributed by atoms with Crippen molar-refractivity contribution < 1.29 is 9.53 Å². The summed E-state index contributed by atoms with van der Waals surface area (Å²) in [5.74, 6) is 0.869. The van der Waals surface area contributed by atoms with Gasteiger partial charge in [0.25, 0.3) is 0 Å². The first-order valence-electron chi connectivity index (χ1n) is 9.16. The predicted molar refractivity (Wildman–Crippen MR) is 118 cm³/mol. The van der Waals surface area contributed by atoms with Gasteiger partial charge >= 0.3 is 0 Å². The number of methoxy groups -OCH3 is 1. The minimum Gasteiger partial charge on any atom is -0.383 e. The first-order valence-corrected chi connectivity index (χ1v) is 10.5. The second-order valence-corrected chi connectivity index (χ2v) is 7.92. The van der Waals surface area contributed by atoms with E-state index in [4.69, 9.17) is 16.3 Å². The van der Waals surface area contributed by atoms with E-state index in [0.29, 0.717) is 23.3 Å². The monoisotopic (exact) mass is 430 g/mol. The zero-order valence-electron chi connectivity index (χ0n) is 16.6. The van der Waals surface area contributed by atoms with Gasteiger partial charge in [-0.25, -0.2) is 0 Å². The van der Waals surface area contributed by atoms with Gasteiger partial charge in [0.15, 0.2) is 11.0 Å². The Morgan fingerprint density at radius 3 is 2.66 bits per heavy atom. The van der Waals surface area contributed by atoms with Crippen LogP contribution in [0.1, 0.15) is 11.1 Å². The van der Waals surface area contributed by atoms with Crippen molar-refractivity contribution in [1.29, 1.82) is 0 Å². The van der Waals surface area contributed by atoms with Crippen LogP contribution in [0.15, 0.2) is 47.6 Å². The van der Waals surface area contributed by atoms with Crippen molar-refractivity contribution >= 4 is 35.0 Å². The molecule has 1 aromatic heterocycles. The zero-order valence-corrected chi connectivity index (χ0v) is 18.2. The number of hydrogen-bond donors (Lipinski definition) is 1. The predicted octanol–water partition coefficient (Wildman–Crippen LogP) is 4.59. The third-order valence-electron chi connectivity index (χ3n) is 4.55. The van der Waals surface area contributed by atoms with Gasteiger partial charge in [0.1, 0.15) is 0 Å². The Morgan fingerprint density at radius 1 is 1.17 bits per heavy atom. The molecule has 0 fully saturated rings. The summed E-state index contributed by atoms with van der Waals surface area (Å²) in [6.45, 7) is 5.12. The van der Waals surface area contributed by atoms with Gasteiger partial charge in [-0.3, -0.25) is 9.36 Å². The van der Waals surface area contributed by atoms with Crippen LogP contribution >= 0.6 is 23.4 Å². The van der Waals surface area contributed by atoms with E-state index in [1.54, 1.807) is 7.11 Å². The second kappa shape index (κ2) is 9.91. The van der Waals surface area contributed by atoms with E-state index >= 15 is 0 Å². The van der Waals surface area contributed by atoms with Crippen LogP contribution < -0.4 is 5.32 Å². The molecule has 0 unspecified atom stereocenters. The maximum absolute atomic E-state index is 12.5. The van der Waals surface area contributed by atoms with Gasteiger partial charge in [-0.05, 0) is 55.3 Å². The first-order chi connectivity index (χ1) is 14.0. The Morgan fingerprint density at radius 2 is 1.93 bits per heavy atom. The molecule has 0 saturated heterocycles. The number of aryl methyl sites for hydroxylation is 1. The molecular formula is C21H23ClN4O2S. The molecule has 3 rings (SSSR count). The fourth-order valence-electron chi connectivity index (χ4n) is 2.80. The number of nitrogens with zero attached hydrogens (tertiary/aromatic N) is 3. The van der Waals surface area contributed by atoms with Crippen molar-refractivity contribution in [3.63, 3.8) is 0 Å². The third-order valence-corrected chi connectivity index (χ3v) is 5.77. The minimum atomic E-state index is -0.0852. The van der Waals surface area contributed by atoms with E-state index < -0.39 is 0 Å². The molecular weight excluding hydrogens is 408 g/mol. The van der Waals surface area contributed by atoms with Crippen LogP contribution in [0.2, 0.25) is 5.02 Å². The standard InChI is InChI=1S/C21H23ClN4O2S/c1-14-5-4-6-18(15(14)2)23-19(27)13-29-21-25-24-20(26(21)11-12-28-3)16-7-9-17(22)10-8-16/h4-10H,11-13H2,1-3H3,(H,23,27). The molecule has 152 valence electrons. The van der Waals surface area contributed by atoms with Gasteiger partial charge in [-0.2, -0.15) is 0 Å². The number of hydrogen-bond acceptors (Lipinski definition) is 5. The van der Waals surface area contributed by atoms with Crippen molar-refractivity contribution in [2.24, 2.45) is 0 Å². The van der Waals surface area contributed by atoms with Gasteiger partial charge in [0.05, 0.1) is 18.9 Å². The fraction of sp³-hybridized carbons (Fsp3) is 0.286. The number of aromatic nitrogens is 3. The van der Waals surface area contributed by atoms with Crippen LogP contribution in [0, 0.1) is 13.8 Å². The largest absolute Gasteiger partial charge is 0.383 e. The van der Waals surface area contributed by atoms with Gasteiger partial charge in [0, 0.05) is 23.4 Å². The smallest absolute Gasteiger partial charge is 0.234 e. The lowest BCUT2D eigenvalue weighted by Crippen LogP contribution is -2.16. The van der Waals surface area contributed by atoms with Crippen LogP contribution in [-0.4, -0.2) is 40.1 Å². The Hall–Kier alpha value is -2.35. The lowest BCUT2D eigenvalue weighted by molar-refractivity contribution is -0.113. The second-order valence-electron chi connectivity index (χ2n) is 6.54. The number of carbonyl (C=O) groups excluding carboxylic acids is 1. The molecule has 1 amide bonds. The molecule has 0 aliphatic rings. The van der Waals surface area contributed by atoms with E-state index in [9.17, 15) is 4.79 Å². The summed E-state index contributed by atoms with van der Waals surface area (Å²) in [6, 6.07) is 13.3. The SMILES string of the molecule is COCCn1c(SCC(=O)Nc2cccc(C)c2C)nnc1-c1ccc(Cl)cc1. The third kappa shape index (κ3) is 5.38. The maximum atomic E-state index is 12.5. The first kappa shape index (κ1) is 21.4. The molecule has 0 saturated carbocycles. The van der Waals surface area contributed by atoms with Crippen LogP contribution in [0.3, 0.4) is 0 Å². The molecule has 0 aliphatic carbocycles. The highest BCUT2D eigenvalue weighted by Crippen LogP contribution is 2.25. The normalized spacial score (nSPS) is 10.9. The lowest BCUT2D eigenvalue weighted by Gasteiger charge is -2.11. The summed E-state index contributed by atoms with van der Waals surface area (Å²) >= 11 is 7.34. The maximum Gasteiger partial charge on any atom is 0.234 e. The van der Waals surface area contributed by atoms with Gasteiger partial charge in [-0.15, -0.1) is 10.2 Å². The summed E-state index contributed by atoms with van der Waals surface area (Å²) in [6.07, 6.45) is 0. The number of amides is 1. The van der Waals surface area contributed by atoms with Crippen LogP contribution in [0.5, 0.6) is 0 Å². The van der Waals surface area contributed by atoms with E-state index in [1.165, 1.54) is 11.8 Å². The number of thioether (sulfide) groups is 1. The summed E-state index contributed by atoms with van der Waals surface area (Å²) in [7, 11) is 1.65. The molecule has 29 heavy (non-hydrogen) atoms. The van der Waals surface area contributed by atoms with Crippen LogP contribution in [0.25, 0.3) is 11.4 Å². The van der Waals surface area contributed by atoms with Gasteiger partial charge < -0.3 is 10.1 Å². The molecule has 1 heterocycles. The highest BCUT2D eigenvalue weighted by atomic mass is 35.5. The molecule has 0 radical (unpaired) electrons. The van der Waals surface area contributed by atoms with Gasteiger partial charge in [0.2, 0.25) is 5.91 Å². The van der Waals surface area contributed by atoms with Crippen molar-refractivity contribution in [3.05, 3.63) is 58.6 Å². The van der Waals surface area contributed by atoms with E-state index in [2.05, 4.69) is 15.5 Å². The zero-order chi connectivity index (χ0) is 20.8. The Labute approximate surface area is 179 Å². The Bertz CT molecular complexity index is 989. The summed E-state index contributed by atoms with van der Waals surface area (Å²) < 4.78 is 7.18. The van der Waals surface area contributed by atoms with E-state index in [0.717, 1.165) is 28.2 Å². The summed E-state index contributed by atoms with van der Waals surface area (Å²) in [4.78, 5) is 12.5. The molecule has 6 nitrogen and oxygen atoms in total. The molecule has 8 heteroatoms. The molecule has 2 aromatic carbocycles. The van der Waals surface area contributed by atoms with Crippen molar-refractivity contribution in [3.8, 4) is 11.4 Å². The molecule has 0 spiro atoms. The number of nitrogens with one attached hydrogen (secondary N) is 1. The summed E-state index contributed by atoms with van der Waals surface area (Å²) in [5, 5.41) is 12.9. The molecule has 0 atom stereocenters. The Kier molecular flexibility index (Phi) is 7.30. The van der Waals surface area contributed by atoms with Crippen LogP contribution in [0.4, 0.5) is 5.69 Å². The topological polar surface area (TPSA) is 69.0 Å². The van der Waals surface area contributed by atoms with Crippen molar-refractivity contribution in [2.75, 3.05) is 24.8 Å². The molecule has 1 N–H and O–H groups in total. The highest BCUT2D eigenvalue weighted by Gasteiger charge is 2.16. The van der Waals surface area contributed by atoms with E-state index in [-0.39, 0.29) is 11.7 Å². The van der Waals surface area contributed by atoms with Crippen LogP contribution in [-0.2, 0) is 16.1 Å². The molecule has 0 bridgehead atoms. The molecule has 3 aromatic rings. The quantitative estimate of drug-likeness (QED) is 0.529. The number of ether oxygens (including phenoxy) is 1. The average molecular weight is 431 g/mol. The fourth-order valence-corrected chi connectivity index (χ4v) is 3.69.